The largest absolute Gasteiger partial charge is 0.381 e. The average Bonchev–Trinajstić information content (AvgIpc) is 2.57. The van der Waals surface area contributed by atoms with Gasteiger partial charge in [-0.2, -0.15) is 0 Å². The van der Waals surface area contributed by atoms with Gasteiger partial charge in [-0.05, 0) is 31.2 Å². The molecule has 1 saturated heterocycles. The van der Waals surface area contributed by atoms with E-state index in [1.807, 2.05) is 6.07 Å². The van der Waals surface area contributed by atoms with E-state index in [0.717, 1.165) is 12.8 Å². The van der Waals surface area contributed by atoms with E-state index >= 15 is 0 Å². The maximum atomic E-state index is 12.5. The lowest BCUT2D eigenvalue weighted by molar-refractivity contribution is -0.130. The molecule has 1 fully saturated rings. The first-order chi connectivity index (χ1) is 10.6. The fourth-order valence-electron chi connectivity index (χ4n) is 3.19. The van der Waals surface area contributed by atoms with Crippen LogP contribution in [0.3, 0.4) is 0 Å². The molecule has 2 rings (SSSR count). The van der Waals surface area contributed by atoms with Gasteiger partial charge in [0, 0.05) is 25.2 Å². The van der Waals surface area contributed by atoms with E-state index in [0.29, 0.717) is 32.6 Å². The Morgan fingerprint density at radius 2 is 1.82 bits per heavy atom. The topological polar surface area (TPSA) is 64.4 Å². The lowest BCUT2D eigenvalue weighted by Crippen LogP contribution is -2.58. The summed E-state index contributed by atoms with van der Waals surface area (Å²) in [7, 11) is 0. The Balaban J connectivity index is 2.07. The van der Waals surface area contributed by atoms with Crippen molar-refractivity contribution in [3.05, 3.63) is 35.9 Å². The third-order valence-corrected chi connectivity index (χ3v) is 5.16. The summed E-state index contributed by atoms with van der Waals surface area (Å²) in [6.45, 7) is 6.11. The number of hydrogen-bond donors (Lipinski definition) is 2. The van der Waals surface area contributed by atoms with Crippen molar-refractivity contribution in [2.45, 2.75) is 50.5 Å². The maximum Gasteiger partial charge on any atom is 0.240 e. The average molecular weight is 304 g/mol. The maximum absolute atomic E-state index is 12.5. The van der Waals surface area contributed by atoms with Gasteiger partial charge in [0.2, 0.25) is 5.91 Å². The van der Waals surface area contributed by atoms with Crippen LogP contribution in [0.5, 0.6) is 0 Å². The highest BCUT2D eigenvalue weighted by molar-refractivity contribution is 5.86. The smallest absolute Gasteiger partial charge is 0.240 e. The minimum Gasteiger partial charge on any atom is -0.381 e. The Morgan fingerprint density at radius 1 is 1.23 bits per heavy atom. The molecule has 0 radical (unpaired) electrons. The molecule has 22 heavy (non-hydrogen) atoms. The van der Waals surface area contributed by atoms with Crippen molar-refractivity contribution in [3.63, 3.8) is 0 Å². The van der Waals surface area contributed by atoms with Gasteiger partial charge in [0.15, 0.2) is 0 Å². The van der Waals surface area contributed by atoms with Gasteiger partial charge in [0.25, 0.3) is 0 Å². The van der Waals surface area contributed by atoms with Crippen LogP contribution >= 0.6 is 0 Å². The highest BCUT2D eigenvalue weighted by atomic mass is 16.5. The van der Waals surface area contributed by atoms with Crippen LogP contribution in [0.25, 0.3) is 0 Å². The van der Waals surface area contributed by atoms with E-state index in [1.54, 1.807) is 0 Å². The fourth-order valence-corrected chi connectivity index (χ4v) is 3.19. The summed E-state index contributed by atoms with van der Waals surface area (Å²) in [4.78, 5) is 12.5. The Bertz CT molecular complexity index is 477. The molecule has 1 amide bonds. The van der Waals surface area contributed by atoms with Gasteiger partial charge in [-0.1, -0.05) is 44.2 Å². The van der Waals surface area contributed by atoms with Gasteiger partial charge in [0.05, 0.1) is 5.54 Å². The van der Waals surface area contributed by atoms with Crippen molar-refractivity contribution in [1.29, 1.82) is 0 Å². The number of ether oxygens (including phenoxy) is 1. The fraction of sp³-hybridized carbons (Fsp3) is 0.611. The number of carbonyl (C=O) groups excluding carboxylic acids is 1. The normalized spacial score (nSPS) is 18.0. The van der Waals surface area contributed by atoms with E-state index < -0.39 is 5.54 Å². The Kier molecular flexibility index (Phi) is 5.59. The molecule has 0 saturated carbocycles. The quantitative estimate of drug-likeness (QED) is 0.848. The van der Waals surface area contributed by atoms with E-state index in [2.05, 4.69) is 43.4 Å². The second-order valence-electron chi connectivity index (χ2n) is 6.30. The highest BCUT2D eigenvalue weighted by Crippen LogP contribution is 2.31. The molecule has 0 spiro atoms. The number of nitrogens with two attached hydrogens (primary N) is 1. The van der Waals surface area contributed by atoms with Crippen LogP contribution in [0.15, 0.2) is 30.3 Å². The van der Waals surface area contributed by atoms with Gasteiger partial charge in [0.1, 0.15) is 0 Å². The van der Waals surface area contributed by atoms with Crippen LogP contribution in [0.4, 0.5) is 0 Å². The molecule has 0 atom stereocenters. The molecule has 1 heterocycles. The summed E-state index contributed by atoms with van der Waals surface area (Å²) >= 11 is 0. The zero-order chi connectivity index (χ0) is 16.1. The third-order valence-electron chi connectivity index (χ3n) is 5.16. The van der Waals surface area contributed by atoms with E-state index in [9.17, 15) is 4.79 Å². The number of amides is 1. The second kappa shape index (κ2) is 7.25. The predicted octanol–water partition coefficient (Wildman–Crippen LogP) is 2.37. The van der Waals surface area contributed by atoms with Crippen LogP contribution in [0.1, 0.15) is 45.1 Å². The molecule has 4 heteroatoms. The Morgan fingerprint density at radius 3 is 2.36 bits per heavy atom. The molecule has 1 aromatic carbocycles. The van der Waals surface area contributed by atoms with Crippen molar-refractivity contribution in [2.75, 3.05) is 19.8 Å². The molecule has 0 aliphatic carbocycles. The lowest BCUT2D eigenvalue weighted by Gasteiger charge is -2.36. The van der Waals surface area contributed by atoms with Gasteiger partial charge >= 0.3 is 0 Å². The first-order valence-corrected chi connectivity index (χ1v) is 8.27. The lowest BCUT2D eigenvalue weighted by atomic mass is 9.75. The molecule has 122 valence electrons. The van der Waals surface area contributed by atoms with E-state index in [1.165, 1.54) is 5.56 Å². The van der Waals surface area contributed by atoms with Crippen LogP contribution in [-0.4, -0.2) is 31.2 Å². The predicted molar refractivity (Wildman–Crippen MR) is 88.7 cm³/mol. The van der Waals surface area contributed by atoms with Crippen LogP contribution < -0.4 is 11.1 Å². The van der Waals surface area contributed by atoms with Crippen LogP contribution in [-0.2, 0) is 14.9 Å². The van der Waals surface area contributed by atoms with Crippen molar-refractivity contribution < 1.29 is 9.53 Å². The van der Waals surface area contributed by atoms with Gasteiger partial charge in [-0.25, -0.2) is 0 Å². The summed E-state index contributed by atoms with van der Waals surface area (Å²) in [5.74, 6) is -0.0435. The van der Waals surface area contributed by atoms with E-state index in [4.69, 9.17) is 10.5 Å². The Hall–Kier alpha value is -1.39. The third kappa shape index (κ3) is 3.50. The second-order valence-corrected chi connectivity index (χ2v) is 6.30. The molecule has 0 bridgehead atoms. The molecular weight excluding hydrogens is 276 g/mol. The summed E-state index contributed by atoms with van der Waals surface area (Å²) in [5, 5.41) is 3.11. The van der Waals surface area contributed by atoms with Gasteiger partial charge in [-0.3, -0.25) is 4.79 Å². The summed E-state index contributed by atoms with van der Waals surface area (Å²) in [5.41, 5.74) is 6.73. The number of rotatable bonds is 6. The first-order valence-electron chi connectivity index (χ1n) is 8.27. The Labute approximate surface area is 133 Å². The number of benzene rings is 1. The molecule has 1 aliphatic rings. The molecule has 1 aliphatic heterocycles. The molecule has 0 aromatic heterocycles. The first kappa shape index (κ1) is 17.0. The van der Waals surface area contributed by atoms with Crippen molar-refractivity contribution in [1.82, 2.24) is 5.32 Å². The van der Waals surface area contributed by atoms with E-state index in [-0.39, 0.29) is 11.3 Å². The number of carbonyl (C=O) groups is 1. The molecule has 3 N–H and O–H groups in total. The van der Waals surface area contributed by atoms with Gasteiger partial charge in [-0.15, -0.1) is 0 Å². The SMILES string of the molecule is CCC(CC)(CNC(=O)C1(N)CCOCC1)c1ccccc1. The van der Waals surface area contributed by atoms with Crippen molar-refractivity contribution >= 4 is 5.91 Å². The molecule has 1 aromatic rings. The minimum atomic E-state index is -0.776. The summed E-state index contributed by atoms with van der Waals surface area (Å²) in [6.07, 6.45) is 3.15. The number of hydrogen-bond acceptors (Lipinski definition) is 3. The van der Waals surface area contributed by atoms with Crippen LogP contribution in [0.2, 0.25) is 0 Å². The van der Waals surface area contributed by atoms with Gasteiger partial charge < -0.3 is 15.8 Å². The highest BCUT2D eigenvalue weighted by Gasteiger charge is 2.37. The summed E-state index contributed by atoms with van der Waals surface area (Å²) < 4.78 is 5.31. The minimum absolute atomic E-state index is 0.0293. The summed E-state index contributed by atoms with van der Waals surface area (Å²) in [6, 6.07) is 10.4. The molecule has 0 unspecified atom stereocenters. The van der Waals surface area contributed by atoms with Crippen molar-refractivity contribution in [2.24, 2.45) is 5.73 Å². The number of nitrogens with one attached hydrogen (secondary N) is 1. The standard InChI is InChI=1S/C18H28N2O2/c1-3-17(4-2,15-8-6-5-7-9-15)14-20-16(21)18(19)10-12-22-13-11-18/h5-9H,3-4,10-14,19H2,1-2H3,(H,20,21). The molecular formula is C18H28N2O2. The molecule has 4 nitrogen and oxygen atoms in total. The monoisotopic (exact) mass is 304 g/mol. The van der Waals surface area contributed by atoms with Crippen molar-refractivity contribution in [3.8, 4) is 0 Å². The zero-order valence-electron chi connectivity index (χ0n) is 13.7. The van der Waals surface area contributed by atoms with Crippen LogP contribution in [0, 0.1) is 0 Å². The zero-order valence-corrected chi connectivity index (χ0v) is 13.7.